The van der Waals surface area contributed by atoms with E-state index >= 15 is 0 Å². The zero-order chi connectivity index (χ0) is 14.7. The highest BCUT2D eigenvalue weighted by molar-refractivity contribution is 14.1. The predicted molar refractivity (Wildman–Crippen MR) is 89.9 cm³/mol. The van der Waals surface area contributed by atoms with Crippen LogP contribution in [0.4, 0.5) is 5.69 Å². The lowest BCUT2D eigenvalue weighted by Crippen LogP contribution is -2.14. The molecule has 0 fully saturated rings. The Morgan fingerprint density at radius 1 is 1.30 bits per heavy atom. The summed E-state index contributed by atoms with van der Waals surface area (Å²) in [5, 5.41) is 3.46. The van der Waals surface area contributed by atoms with Crippen molar-refractivity contribution in [1.82, 2.24) is 0 Å². The number of rotatable bonds is 3. The molecule has 0 radical (unpaired) electrons. The third-order valence-corrected chi connectivity index (χ3v) is 4.20. The van der Waals surface area contributed by atoms with Gasteiger partial charge in [0.1, 0.15) is 5.75 Å². The Morgan fingerprint density at radius 3 is 2.65 bits per heavy atom. The quantitative estimate of drug-likeness (QED) is 0.768. The topological polar surface area (TPSA) is 38.3 Å². The van der Waals surface area contributed by atoms with Gasteiger partial charge in [0.05, 0.1) is 18.4 Å². The van der Waals surface area contributed by atoms with E-state index in [-0.39, 0.29) is 5.91 Å². The molecular weight excluding hydrogens is 389 g/mol. The standard InChI is InChI=1S/C15H13ClINO2/c1-9-7-13(14(20-2)8-11(9)16)18-15(19)10-5-3-4-6-12(10)17/h3-8H,1-2H3,(H,18,19). The van der Waals surface area contributed by atoms with Crippen LogP contribution >= 0.6 is 34.2 Å². The van der Waals surface area contributed by atoms with Gasteiger partial charge >= 0.3 is 0 Å². The Kier molecular flexibility index (Phi) is 4.88. The molecule has 0 bridgehead atoms. The first-order valence-electron chi connectivity index (χ1n) is 5.93. The van der Waals surface area contributed by atoms with Gasteiger partial charge in [0.15, 0.2) is 0 Å². The van der Waals surface area contributed by atoms with Crippen LogP contribution in [0.2, 0.25) is 5.02 Å². The normalized spacial score (nSPS) is 10.2. The summed E-state index contributed by atoms with van der Waals surface area (Å²) in [7, 11) is 1.54. The number of methoxy groups -OCH3 is 1. The summed E-state index contributed by atoms with van der Waals surface area (Å²) < 4.78 is 6.14. The van der Waals surface area contributed by atoms with Crippen molar-refractivity contribution >= 4 is 45.8 Å². The molecule has 2 rings (SSSR count). The molecule has 0 saturated heterocycles. The summed E-state index contributed by atoms with van der Waals surface area (Å²) in [6, 6.07) is 10.9. The fraction of sp³-hybridized carbons (Fsp3) is 0.133. The van der Waals surface area contributed by atoms with Crippen molar-refractivity contribution < 1.29 is 9.53 Å². The van der Waals surface area contributed by atoms with Crippen molar-refractivity contribution in [1.29, 1.82) is 0 Å². The molecule has 3 nitrogen and oxygen atoms in total. The zero-order valence-electron chi connectivity index (χ0n) is 11.0. The van der Waals surface area contributed by atoms with Crippen LogP contribution in [-0.4, -0.2) is 13.0 Å². The molecule has 0 aliphatic carbocycles. The fourth-order valence-corrected chi connectivity index (χ4v) is 2.55. The molecule has 1 amide bonds. The van der Waals surface area contributed by atoms with Gasteiger partial charge in [-0.25, -0.2) is 0 Å². The Bertz CT molecular complexity index is 658. The third-order valence-electron chi connectivity index (χ3n) is 2.85. The highest BCUT2D eigenvalue weighted by Crippen LogP contribution is 2.31. The van der Waals surface area contributed by atoms with Gasteiger partial charge in [-0.3, -0.25) is 4.79 Å². The third kappa shape index (κ3) is 3.24. The fourth-order valence-electron chi connectivity index (χ4n) is 1.76. The van der Waals surface area contributed by atoms with Crippen molar-refractivity contribution in [3.05, 3.63) is 56.1 Å². The van der Waals surface area contributed by atoms with Crippen molar-refractivity contribution in [2.24, 2.45) is 0 Å². The molecule has 0 saturated carbocycles. The minimum atomic E-state index is -0.171. The van der Waals surface area contributed by atoms with Crippen molar-refractivity contribution in [3.63, 3.8) is 0 Å². The summed E-state index contributed by atoms with van der Waals surface area (Å²) in [5.41, 5.74) is 2.12. The number of carbonyl (C=O) groups excluding carboxylic acids is 1. The first kappa shape index (κ1) is 15.1. The minimum absolute atomic E-state index is 0.171. The lowest BCUT2D eigenvalue weighted by atomic mass is 10.1. The first-order valence-corrected chi connectivity index (χ1v) is 7.38. The summed E-state index contributed by atoms with van der Waals surface area (Å²) in [4.78, 5) is 12.3. The Labute approximate surface area is 136 Å². The van der Waals surface area contributed by atoms with Crippen molar-refractivity contribution in [3.8, 4) is 5.75 Å². The van der Waals surface area contributed by atoms with E-state index in [1.807, 2.05) is 25.1 Å². The van der Waals surface area contributed by atoms with Gasteiger partial charge in [-0.1, -0.05) is 23.7 Å². The molecule has 0 spiro atoms. The molecule has 0 aromatic heterocycles. The second kappa shape index (κ2) is 6.45. The van der Waals surface area contributed by atoms with Gasteiger partial charge in [-0.05, 0) is 53.3 Å². The Hall–Kier alpha value is -1.27. The molecule has 0 heterocycles. The van der Waals surface area contributed by atoms with Crippen LogP contribution in [0.5, 0.6) is 5.75 Å². The molecule has 5 heteroatoms. The van der Waals surface area contributed by atoms with E-state index in [1.54, 1.807) is 25.3 Å². The molecule has 0 atom stereocenters. The number of halogens is 2. The van der Waals surface area contributed by atoms with Crippen LogP contribution < -0.4 is 10.1 Å². The number of anilines is 1. The lowest BCUT2D eigenvalue weighted by Gasteiger charge is -2.12. The SMILES string of the molecule is COc1cc(Cl)c(C)cc1NC(=O)c1ccccc1I. The van der Waals surface area contributed by atoms with Crippen LogP contribution in [0, 0.1) is 10.5 Å². The molecule has 0 aliphatic heterocycles. The number of hydrogen-bond acceptors (Lipinski definition) is 2. The number of nitrogens with one attached hydrogen (secondary N) is 1. The number of ether oxygens (including phenoxy) is 1. The summed E-state index contributed by atoms with van der Waals surface area (Å²) >= 11 is 8.18. The zero-order valence-corrected chi connectivity index (χ0v) is 13.9. The summed E-state index contributed by atoms with van der Waals surface area (Å²) in [6.45, 7) is 1.88. The van der Waals surface area contributed by atoms with E-state index in [9.17, 15) is 4.79 Å². The smallest absolute Gasteiger partial charge is 0.256 e. The highest BCUT2D eigenvalue weighted by atomic mass is 127. The van der Waals surface area contributed by atoms with Crippen LogP contribution in [0.3, 0.4) is 0 Å². The molecule has 2 aromatic rings. The number of amides is 1. The Balaban J connectivity index is 2.33. The molecule has 2 aromatic carbocycles. The van der Waals surface area contributed by atoms with Crippen LogP contribution in [0.25, 0.3) is 0 Å². The van der Waals surface area contributed by atoms with Crippen LogP contribution in [0.15, 0.2) is 36.4 Å². The van der Waals surface area contributed by atoms with Gasteiger partial charge < -0.3 is 10.1 Å². The van der Waals surface area contributed by atoms with Gasteiger partial charge in [-0.2, -0.15) is 0 Å². The molecule has 0 aliphatic rings. The van der Waals surface area contributed by atoms with Crippen molar-refractivity contribution in [2.45, 2.75) is 6.92 Å². The summed E-state index contributed by atoms with van der Waals surface area (Å²) in [6.07, 6.45) is 0. The van der Waals surface area contributed by atoms with E-state index in [4.69, 9.17) is 16.3 Å². The molecular formula is C15H13ClINO2. The van der Waals surface area contributed by atoms with Gasteiger partial charge in [0.2, 0.25) is 0 Å². The van der Waals surface area contributed by atoms with Gasteiger partial charge in [0.25, 0.3) is 5.91 Å². The Morgan fingerprint density at radius 2 is 2.00 bits per heavy atom. The maximum atomic E-state index is 12.3. The molecule has 20 heavy (non-hydrogen) atoms. The second-order valence-electron chi connectivity index (χ2n) is 4.24. The van der Waals surface area contributed by atoms with E-state index in [0.29, 0.717) is 22.0 Å². The lowest BCUT2D eigenvalue weighted by molar-refractivity contribution is 0.102. The number of aryl methyl sites for hydroxylation is 1. The largest absolute Gasteiger partial charge is 0.495 e. The van der Waals surface area contributed by atoms with E-state index in [2.05, 4.69) is 27.9 Å². The van der Waals surface area contributed by atoms with Gasteiger partial charge in [-0.15, -0.1) is 0 Å². The number of benzene rings is 2. The maximum Gasteiger partial charge on any atom is 0.256 e. The van der Waals surface area contributed by atoms with E-state index < -0.39 is 0 Å². The first-order chi connectivity index (χ1) is 9.52. The highest BCUT2D eigenvalue weighted by Gasteiger charge is 2.13. The maximum absolute atomic E-state index is 12.3. The number of hydrogen-bond donors (Lipinski definition) is 1. The summed E-state index contributed by atoms with van der Waals surface area (Å²) in [5.74, 6) is 0.370. The van der Waals surface area contributed by atoms with E-state index in [1.165, 1.54) is 0 Å². The molecule has 1 N–H and O–H groups in total. The monoisotopic (exact) mass is 401 g/mol. The van der Waals surface area contributed by atoms with Crippen molar-refractivity contribution in [2.75, 3.05) is 12.4 Å². The predicted octanol–water partition coefficient (Wildman–Crippen LogP) is 4.51. The van der Waals surface area contributed by atoms with Gasteiger partial charge in [0, 0.05) is 14.7 Å². The van der Waals surface area contributed by atoms with Crippen LogP contribution in [0.1, 0.15) is 15.9 Å². The minimum Gasteiger partial charge on any atom is -0.495 e. The average molecular weight is 402 g/mol. The van der Waals surface area contributed by atoms with Crippen LogP contribution in [-0.2, 0) is 0 Å². The average Bonchev–Trinajstić information content (AvgIpc) is 2.43. The second-order valence-corrected chi connectivity index (χ2v) is 5.81. The van der Waals surface area contributed by atoms with E-state index in [0.717, 1.165) is 9.13 Å². The molecule has 0 unspecified atom stereocenters. The molecule has 104 valence electrons. The number of carbonyl (C=O) groups is 1.